The van der Waals surface area contributed by atoms with Crippen molar-refractivity contribution >= 4 is 5.84 Å². The molecule has 2 atom stereocenters. The lowest BCUT2D eigenvalue weighted by atomic mass is 10.1. The van der Waals surface area contributed by atoms with Crippen LogP contribution in [0.4, 0.5) is 0 Å². The molecule has 16 heavy (non-hydrogen) atoms. The van der Waals surface area contributed by atoms with E-state index in [4.69, 9.17) is 20.6 Å². The molecule has 0 aromatic heterocycles. The predicted octanol–water partition coefficient (Wildman–Crippen LogP) is 0.684. The lowest BCUT2D eigenvalue weighted by molar-refractivity contribution is 0.0621. The van der Waals surface area contributed by atoms with E-state index in [2.05, 4.69) is 11.8 Å². The fraction of sp³-hybridized carbons (Fsp3) is 0.909. The van der Waals surface area contributed by atoms with Crippen LogP contribution in [-0.2, 0) is 9.47 Å². The smallest absolute Gasteiger partial charge is 0.108 e. The normalized spacial score (nSPS) is 15.1. The first-order chi connectivity index (χ1) is 7.58. The molecule has 0 bridgehead atoms. The first-order valence-electron chi connectivity index (χ1n) is 5.65. The molecule has 0 radical (unpaired) electrons. The number of hydrogen-bond donors (Lipinski definition) is 2. The maximum Gasteiger partial charge on any atom is 0.108 e. The van der Waals surface area contributed by atoms with Crippen molar-refractivity contribution in [3.8, 4) is 0 Å². The molecule has 0 fully saturated rings. The third kappa shape index (κ3) is 4.92. The summed E-state index contributed by atoms with van der Waals surface area (Å²) in [5, 5.41) is 7.60. The van der Waals surface area contributed by atoms with Crippen molar-refractivity contribution in [3.63, 3.8) is 0 Å². The molecule has 3 N–H and O–H groups in total. The summed E-state index contributed by atoms with van der Waals surface area (Å²) in [6.07, 6.45) is 0.826. The predicted molar refractivity (Wildman–Crippen MR) is 65.9 cm³/mol. The Kier molecular flexibility index (Phi) is 8.15. The van der Waals surface area contributed by atoms with Crippen LogP contribution in [0.1, 0.15) is 20.3 Å². The van der Waals surface area contributed by atoms with E-state index < -0.39 is 0 Å². The van der Waals surface area contributed by atoms with Gasteiger partial charge in [-0.3, -0.25) is 10.3 Å². The summed E-state index contributed by atoms with van der Waals surface area (Å²) >= 11 is 0. The SMILES string of the molecule is CCC(C(=N)N)N(CCOC)C(C)COC. The van der Waals surface area contributed by atoms with E-state index in [-0.39, 0.29) is 17.9 Å². The minimum absolute atomic E-state index is 0.0275. The van der Waals surface area contributed by atoms with E-state index in [0.29, 0.717) is 13.2 Å². The average molecular weight is 231 g/mol. The summed E-state index contributed by atoms with van der Waals surface area (Å²) < 4.78 is 10.2. The molecule has 0 saturated heterocycles. The maximum atomic E-state index is 7.60. The van der Waals surface area contributed by atoms with Crippen molar-refractivity contribution in [2.75, 3.05) is 34.0 Å². The molecule has 0 amide bonds. The van der Waals surface area contributed by atoms with Crippen molar-refractivity contribution in [1.29, 1.82) is 5.41 Å². The molecule has 0 heterocycles. The quantitative estimate of drug-likeness (QED) is 0.452. The van der Waals surface area contributed by atoms with Crippen LogP contribution in [0.25, 0.3) is 0 Å². The Morgan fingerprint density at radius 2 is 2.00 bits per heavy atom. The molecule has 5 heteroatoms. The summed E-state index contributed by atoms with van der Waals surface area (Å²) in [6.45, 7) is 6.14. The lowest BCUT2D eigenvalue weighted by Gasteiger charge is -2.34. The maximum absolute atomic E-state index is 7.60. The molecular formula is C11H25N3O2. The second kappa shape index (κ2) is 8.50. The fourth-order valence-corrected chi connectivity index (χ4v) is 1.85. The number of amidine groups is 1. The number of methoxy groups -OCH3 is 2. The van der Waals surface area contributed by atoms with Crippen LogP contribution in [0.15, 0.2) is 0 Å². The largest absolute Gasteiger partial charge is 0.386 e. The Morgan fingerprint density at radius 1 is 1.38 bits per heavy atom. The van der Waals surface area contributed by atoms with E-state index in [0.717, 1.165) is 13.0 Å². The highest BCUT2D eigenvalue weighted by Gasteiger charge is 2.24. The van der Waals surface area contributed by atoms with E-state index in [1.54, 1.807) is 14.2 Å². The van der Waals surface area contributed by atoms with Gasteiger partial charge in [0.25, 0.3) is 0 Å². The Labute approximate surface area is 98.4 Å². The zero-order valence-electron chi connectivity index (χ0n) is 10.8. The highest BCUT2D eigenvalue weighted by Crippen LogP contribution is 2.09. The van der Waals surface area contributed by atoms with Crippen molar-refractivity contribution in [3.05, 3.63) is 0 Å². The molecule has 0 aromatic carbocycles. The van der Waals surface area contributed by atoms with E-state index in [9.17, 15) is 0 Å². The Hall–Kier alpha value is -0.650. The highest BCUT2D eigenvalue weighted by molar-refractivity contribution is 5.82. The molecule has 96 valence electrons. The summed E-state index contributed by atoms with van der Waals surface area (Å²) in [4.78, 5) is 2.16. The van der Waals surface area contributed by atoms with E-state index in [1.807, 2.05) is 6.92 Å². The molecule has 0 aliphatic rings. The van der Waals surface area contributed by atoms with Gasteiger partial charge < -0.3 is 15.2 Å². The molecule has 0 saturated carbocycles. The van der Waals surface area contributed by atoms with E-state index in [1.165, 1.54) is 0 Å². The number of ether oxygens (including phenoxy) is 2. The van der Waals surface area contributed by atoms with Gasteiger partial charge in [-0.15, -0.1) is 0 Å². The van der Waals surface area contributed by atoms with Crippen molar-refractivity contribution in [1.82, 2.24) is 4.90 Å². The minimum atomic E-state index is -0.0275. The Balaban J connectivity index is 4.54. The summed E-state index contributed by atoms with van der Waals surface area (Å²) in [5.41, 5.74) is 5.61. The number of nitrogens with two attached hydrogens (primary N) is 1. The zero-order chi connectivity index (χ0) is 12.6. The third-order valence-electron chi connectivity index (χ3n) is 2.67. The molecular weight excluding hydrogens is 206 g/mol. The average Bonchev–Trinajstić information content (AvgIpc) is 2.23. The first-order valence-corrected chi connectivity index (χ1v) is 5.65. The van der Waals surface area contributed by atoms with E-state index >= 15 is 0 Å². The van der Waals surface area contributed by atoms with Gasteiger partial charge in [0.15, 0.2) is 0 Å². The molecule has 0 rings (SSSR count). The number of nitrogens with zero attached hydrogens (tertiary/aromatic N) is 1. The van der Waals surface area contributed by atoms with Gasteiger partial charge in [-0.1, -0.05) is 6.92 Å². The molecule has 2 unspecified atom stereocenters. The van der Waals surface area contributed by atoms with Gasteiger partial charge in [0.2, 0.25) is 0 Å². The van der Waals surface area contributed by atoms with Crippen molar-refractivity contribution < 1.29 is 9.47 Å². The molecule has 0 aliphatic heterocycles. The number of rotatable bonds is 9. The second-order valence-electron chi connectivity index (χ2n) is 3.91. The monoisotopic (exact) mass is 231 g/mol. The van der Waals surface area contributed by atoms with Gasteiger partial charge in [-0.2, -0.15) is 0 Å². The number of nitrogens with one attached hydrogen (secondary N) is 1. The van der Waals surface area contributed by atoms with Gasteiger partial charge in [0, 0.05) is 26.8 Å². The second-order valence-corrected chi connectivity index (χ2v) is 3.91. The zero-order valence-corrected chi connectivity index (χ0v) is 10.8. The molecule has 5 nitrogen and oxygen atoms in total. The van der Waals surface area contributed by atoms with Gasteiger partial charge in [0.1, 0.15) is 5.84 Å². The standard InChI is InChI=1S/C11H25N3O2/c1-5-10(11(12)13)14(6-7-15-3)9(2)8-16-4/h9-10H,5-8H2,1-4H3,(H3,12,13). The van der Waals surface area contributed by atoms with Crippen LogP contribution in [0, 0.1) is 5.41 Å². The van der Waals surface area contributed by atoms with Crippen LogP contribution in [0.2, 0.25) is 0 Å². The van der Waals surface area contributed by atoms with Crippen LogP contribution in [0.5, 0.6) is 0 Å². The summed E-state index contributed by atoms with van der Waals surface area (Å²) in [5.74, 6) is 0.210. The molecule has 0 spiro atoms. The van der Waals surface area contributed by atoms with Gasteiger partial charge >= 0.3 is 0 Å². The number of hydrogen-bond acceptors (Lipinski definition) is 4. The molecule has 0 aromatic rings. The van der Waals surface area contributed by atoms with Gasteiger partial charge in [-0.25, -0.2) is 0 Å². The third-order valence-corrected chi connectivity index (χ3v) is 2.67. The summed E-state index contributed by atoms with van der Waals surface area (Å²) in [7, 11) is 3.35. The Morgan fingerprint density at radius 3 is 2.38 bits per heavy atom. The van der Waals surface area contributed by atoms with Crippen LogP contribution in [0.3, 0.4) is 0 Å². The van der Waals surface area contributed by atoms with Gasteiger partial charge in [0.05, 0.1) is 19.3 Å². The highest BCUT2D eigenvalue weighted by atomic mass is 16.5. The summed E-state index contributed by atoms with van der Waals surface area (Å²) in [6, 6.07) is 0.203. The Bertz CT molecular complexity index is 200. The minimum Gasteiger partial charge on any atom is -0.386 e. The van der Waals surface area contributed by atoms with Crippen LogP contribution < -0.4 is 5.73 Å². The first kappa shape index (κ1) is 15.3. The van der Waals surface area contributed by atoms with Crippen LogP contribution >= 0.6 is 0 Å². The van der Waals surface area contributed by atoms with Gasteiger partial charge in [-0.05, 0) is 13.3 Å². The van der Waals surface area contributed by atoms with Crippen molar-refractivity contribution in [2.45, 2.75) is 32.4 Å². The topological polar surface area (TPSA) is 71.6 Å². The van der Waals surface area contributed by atoms with Crippen LogP contribution in [-0.4, -0.2) is 56.8 Å². The molecule has 0 aliphatic carbocycles. The van der Waals surface area contributed by atoms with Crippen molar-refractivity contribution in [2.24, 2.45) is 5.73 Å². The fourth-order valence-electron chi connectivity index (χ4n) is 1.85. The lowest BCUT2D eigenvalue weighted by Crippen LogP contribution is -2.51.